The largest absolute Gasteiger partial charge is 0.379 e. The number of β-amino-alcohol motifs (C(OH)–C–C–N with tert-alkyl or cyclic N) is 1. The highest BCUT2D eigenvalue weighted by Crippen LogP contribution is 2.25. The predicted molar refractivity (Wildman–Crippen MR) is 91.2 cm³/mol. The molecule has 1 aromatic carbocycles. The molecule has 2 aliphatic rings. The molecule has 23 heavy (non-hydrogen) atoms. The van der Waals surface area contributed by atoms with Crippen LogP contribution in [0.15, 0.2) is 30.3 Å². The van der Waals surface area contributed by atoms with Crippen LogP contribution in [0.3, 0.4) is 0 Å². The smallest absolute Gasteiger partial charge is 0.255 e. The third kappa shape index (κ3) is 4.12. The monoisotopic (exact) mass is 316 g/mol. The molecule has 0 radical (unpaired) electrons. The number of carbonyl (C=O) groups is 1. The van der Waals surface area contributed by atoms with Gasteiger partial charge in [-0.2, -0.15) is 0 Å². The second-order valence-corrected chi connectivity index (χ2v) is 7.00. The van der Waals surface area contributed by atoms with Crippen LogP contribution in [0.2, 0.25) is 0 Å². The summed E-state index contributed by atoms with van der Waals surface area (Å²) in [6.07, 6.45) is 5.82. The van der Waals surface area contributed by atoms with Gasteiger partial charge in [0.15, 0.2) is 5.60 Å². The summed E-state index contributed by atoms with van der Waals surface area (Å²) in [4.78, 5) is 16.8. The zero-order chi connectivity index (χ0) is 16.1. The number of nitrogens with zero attached hydrogens (tertiary/aromatic N) is 2. The number of likely N-dealkylation sites (tertiary alicyclic amines) is 2. The van der Waals surface area contributed by atoms with Crippen molar-refractivity contribution in [2.75, 3.05) is 32.7 Å². The molecule has 0 aromatic heterocycles. The van der Waals surface area contributed by atoms with E-state index in [0.717, 1.165) is 45.4 Å². The van der Waals surface area contributed by atoms with Crippen LogP contribution in [0.4, 0.5) is 0 Å². The van der Waals surface area contributed by atoms with E-state index in [2.05, 4.69) is 29.2 Å². The number of benzene rings is 1. The van der Waals surface area contributed by atoms with Crippen molar-refractivity contribution in [3.8, 4) is 0 Å². The number of aryl methyl sites for hydroxylation is 1. The van der Waals surface area contributed by atoms with Gasteiger partial charge in [-0.15, -0.1) is 0 Å². The number of hydrogen-bond acceptors (Lipinski definition) is 3. The fraction of sp³-hybridized carbons (Fsp3) is 0.632. The van der Waals surface area contributed by atoms with Crippen LogP contribution in [0.25, 0.3) is 0 Å². The second-order valence-electron chi connectivity index (χ2n) is 7.00. The molecule has 4 heteroatoms. The van der Waals surface area contributed by atoms with E-state index in [9.17, 15) is 9.90 Å². The maximum atomic E-state index is 12.7. The van der Waals surface area contributed by atoms with Gasteiger partial charge >= 0.3 is 0 Å². The molecule has 4 nitrogen and oxygen atoms in total. The molecule has 2 fully saturated rings. The topological polar surface area (TPSA) is 43.8 Å². The first-order chi connectivity index (χ1) is 11.2. The number of hydrogen-bond donors (Lipinski definition) is 1. The van der Waals surface area contributed by atoms with E-state index >= 15 is 0 Å². The average molecular weight is 316 g/mol. The van der Waals surface area contributed by atoms with E-state index in [0.29, 0.717) is 13.0 Å². The number of carbonyl (C=O) groups excluding carboxylic acids is 1. The summed E-state index contributed by atoms with van der Waals surface area (Å²) < 4.78 is 0. The van der Waals surface area contributed by atoms with E-state index in [-0.39, 0.29) is 5.91 Å². The highest BCUT2D eigenvalue weighted by Gasteiger charge is 2.43. The van der Waals surface area contributed by atoms with Crippen LogP contribution in [0.5, 0.6) is 0 Å². The lowest BCUT2D eigenvalue weighted by molar-refractivity contribution is -0.159. The number of aliphatic hydroxyl groups is 1. The van der Waals surface area contributed by atoms with Crippen molar-refractivity contribution in [2.45, 2.75) is 44.1 Å². The number of amides is 1. The first-order valence-electron chi connectivity index (χ1n) is 8.95. The minimum Gasteiger partial charge on any atom is -0.379 e. The molecule has 1 N–H and O–H groups in total. The Morgan fingerprint density at radius 3 is 2.52 bits per heavy atom. The Kier molecular flexibility index (Phi) is 5.34. The molecule has 126 valence electrons. The Hall–Kier alpha value is -1.39. The van der Waals surface area contributed by atoms with Crippen LogP contribution in [-0.2, 0) is 11.2 Å². The first kappa shape index (κ1) is 16.5. The van der Waals surface area contributed by atoms with Gasteiger partial charge in [-0.05, 0) is 57.2 Å². The Bertz CT molecular complexity index is 513. The van der Waals surface area contributed by atoms with Crippen LogP contribution >= 0.6 is 0 Å². The van der Waals surface area contributed by atoms with Crippen molar-refractivity contribution in [3.05, 3.63) is 35.9 Å². The van der Waals surface area contributed by atoms with Crippen molar-refractivity contribution < 1.29 is 9.90 Å². The Balaban J connectivity index is 1.52. The summed E-state index contributed by atoms with van der Waals surface area (Å²) in [5.74, 6) is -0.0521. The molecule has 0 aliphatic carbocycles. The molecule has 1 aromatic rings. The number of rotatable bonds is 6. The number of piperidine rings is 1. The van der Waals surface area contributed by atoms with E-state index < -0.39 is 5.60 Å². The van der Waals surface area contributed by atoms with Crippen LogP contribution in [0, 0.1) is 0 Å². The Labute approximate surface area is 139 Å². The molecule has 0 saturated carbocycles. The molecule has 2 aliphatic heterocycles. The average Bonchev–Trinajstić information content (AvgIpc) is 3.05. The van der Waals surface area contributed by atoms with Gasteiger partial charge < -0.3 is 10.0 Å². The van der Waals surface area contributed by atoms with Gasteiger partial charge in [0.2, 0.25) is 0 Å². The van der Waals surface area contributed by atoms with Gasteiger partial charge in [0.1, 0.15) is 0 Å². The zero-order valence-corrected chi connectivity index (χ0v) is 13.9. The molecule has 2 heterocycles. The molecule has 1 unspecified atom stereocenters. The quantitative estimate of drug-likeness (QED) is 0.874. The van der Waals surface area contributed by atoms with Crippen molar-refractivity contribution in [1.29, 1.82) is 0 Å². The molecule has 0 bridgehead atoms. The van der Waals surface area contributed by atoms with E-state index in [1.807, 2.05) is 11.0 Å². The molecular weight excluding hydrogens is 288 g/mol. The van der Waals surface area contributed by atoms with Gasteiger partial charge in [0.25, 0.3) is 5.91 Å². The maximum absolute atomic E-state index is 12.7. The molecule has 1 atom stereocenters. The van der Waals surface area contributed by atoms with Crippen molar-refractivity contribution >= 4 is 5.91 Å². The normalized spacial score (nSPS) is 26.0. The van der Waals surface area contributed by atoms with E-state index in [4.69, 9.17) is 0 Å². The third-order valence-electron chi connectivity index (χ3n) is 5.12. The minimum atomic E-state index is -1.16. The van der Waals surface area contributed by atoms with Gasteiger partial charge in [-0.3, -0.25) is 9.69 Å². The molecule has 0 spiro atoms. The SMILES string of the molecule is O=C1N(CCCc2ccccc2)CCCC1(O)CN1CCCC1. The summed E-state index contributed by atoms with van der Waals surface area (Å²) in [6.45, 7) is 4.08. The standard InChI is InChI=1S/C19H28N2O2/c22-18-19(23,16-20-12-4-5-13-20)11-7-15-21(18)14-6-10-17-8-2-1-3-9-17/h1-3,8-9,23H,4-7,10-16H2. The fourth-order valence-electron chi connectivity index (χ4n) is 3.85. The summed E-state index contributed by atoms with van der Waals surface area (Å²) in [5.41, 5.74) is 0.152. The zero-order valence-electron chi connectivity index (χ0n) is 13.9. The Morgan fingerprint density at radius 1 is 1.04 bits per heavy atom. The van der Waals surface area contributed by atoms with Crippen LogP contribution in [-0.4, -0.2) is 59.1 Å². The van der Waals surface area contributed by atoms with E-state index in [1.54, 1.807) is 0 Å². The lowest BCUT2D eigenvalue weighted by Gasteiger charge is -2.40. The lowest BCUT2D eigenvalue weighted by atomic mass is 9.91. The second kappa shape index (κ2) is 7.45. The van der Waals surface area contributed by atoms with Gasteiger partial charge in [-0.25, -0.2) is 0 Å². The lowest BCUT2D eigenvalue weighted by Crippen LogP contribution is -2.58. The van der Waals surface area contributed by atoms with Gasteiger partial charge in [0, 0.05) is 19.6 Å². The summed E-state index contributed by atoms with van der Waals surface area (Å²) in [6, 6.07) is 10.4. The first-order valence-corrected chi connectivity index (χ1v) is 8.95. The van der Waals surface area contributed by atoms with Crippen molar-refractivity contribution in [3.63, 3.8) is 0 Å². The van der Waals surface area contributed by atoms with Gasteiger partial charge in [0.05, 0.1) is 0 Å². The van der Waals surface area contributed by atoms with Crippen LogP contribution in [0.1, 0.15) is 37.7 Å². The van der Waals surface area contributed by atoms with Crippen molar-refractivity contribution in [1.82, 2.24) is 9.80 Å². The fourth-order valence-corrected chi connectivity index (χ4v) is 3.85. The van der Waals surface area contributed by atoms with Crippen molar-refractivity contribution in [2.24, 2.45) is 0 Å². The van der Waals surface area contributed by atoms with Gasteiger partial charge in [-0.1, -0.05) is 30.3 Å². The summed E-state index contributed by atoms with van der Waals surface area (Å²) in [7, 11) is 0. The molecule has 1 amide bonds. The Morgan fingerprint density at radius 2 is 1.78 bits per heavy atom. The minimum absolute atomic E-state index is 0.0521. The highest BCUT2D eigenvalue weighted by atomic mass is 16.3. The molecular formula is C19H28N2O2. The molecule has 2 saturated heterocycles. The molecule has 3 rings (SSSR count). The maximum Gasteiger partial charge on any atom is 0.255 e. The summed E-state index contributed by atoms with van der Waals surface area (Å²) >= 11 is 0. The van der Waals surface area contributed by atoms with E-state index in [1.165, 1.54) is 18.4 Å². The predicted octanol–water partition coefficient (Wildman–Crippen LogP) is 2.07. The highest BCUT2D eigenvalue weighted by molar-refractivity contribution is 5.86. The van der Waals surface area contributed by atoms with Crippen LogP contribution < -0.4 is 0 Å². The third-order valence-corrected chi connectivity index (χ3v) is 5.12. The summed E-state index contributed by atoms with van der Waals surface area (Å²) in [5, 5.41) is 10.9.